The highest BCUT2D eigenvalue weighted by atomic mass is 32.2. The smallest absolute Gasteiger partial charge is 0.305 e. The number of likely N-dealkylation sites (tertiary alicyclic amines) is 2. The maximum absolute atomic E-state index is 15.0. The lowest BCUT2D eigenvalue weighted by Crippen LogP contribution is -2.56. The van der Waals surface area contributed by atoms with Gasteiger partial charge in [0.25, 0.3) is 0 Å². The molecule has 256 valence electrons. The molecule has 7 rings (SSSR count). The van der Waals surface area contributed by atoms with Gasteiger partial charge in [-0.1, -0.05) is 18.6 Å². The largest absolute Gasteiger partial charge is 0.469 e. The summed E-state index contributed by atoms with van der Waals surface area (Å²) in [4.78, 5) is 20.7. The predicted molar refractivity (Wildman–Crippen MR) is 183 cm³/mol. The second-order valence-electron chi connectivity index (χ2n) is 15.2. The summed E-state index contributed by atoms with van der Waals surface area (Å²) in [5, 5.41) is -0.176. The molecule has 2 aromatic rings. The van der Waals surface area contributed by atoms with Gasteiger partial charge >= 0.3 is 5.97 Å². The highest BCUT2D eigenvalue weighted by Crippen LogP contribution is 2.54. The molecule has 47 heavy (non-hydrogen) atoms. The number of halogens is 1. The number of methoxy groups -OCH3 is 1. The number of carbonyl (C=O) groups excluding carboxylic acids is 1. The Morgan fingerprint density at radius 1 is 0.894 bits per heavy atom. The highest BCUT2D eigenvalue weighted by molar-refractivity contribution is 7.92. The van der Waals surface area contributed by atoms with Crippen LogP contribution in [0.3, 0.4) is 0 Å². The first-order chi connectivity index (χ1) is 22.8. The van der Waals surface area contributed by atoms with Crippen LogP contribution in [0.4, 0.5) is 10.1 Å². The minimum Gasteiger partial charge on any atom is -0.469 e. The third-order valence-electron chi connectivity index (χ3n) is 12.3. The molecule has 0 aromatic heterocycles. The van der Waals surface area contributed by atoms with E-state index >= 15 is 4.39 Å². The number of carbonyl (C=O) groups is 1. The molecule has 2 aliphatic carbocycles. The Balaban J connectivity index is 1.04. The van der Waals surface area contributed by atoms with Crippen molar-refractivity contribution in [1.29, 1.82) is 0 Å². The molecule has 9 heteroatoms. The summed E-state index contributed by atoms with van der Waals surface area (Å²) in [6.07, 6.45) is 9.86. The number of ether oxygens (including phenoxy) is 1. The van der Waals surface area contributed by atoms with Crippen LogP contribution in [0.5, 0.6) is 0 Å². The van der Waals surface area contributed by atoms with Gasteiger partial charge in [-0.3, -0.25) is 4.79 Å². The summed E-state index contributed by atoms with van der Waals surface area (Å²) in [7, 11) is -1.66. The van der Waals surface area contributed by atoms with Crippen LogP contribution < -0.4 is 4.90 Å². The lowest BCUT2D eigenvalue weighted by molar-refractivity contribution is -0.142. The van der Waals surface area contributed by atoms with Crippen LogP contribution in [-0.2, 0) is 24.8 Å². The molecule has 7 nitrogen and oxygen atoms in total. The lowest BCUT2D eigenvalue weighted by atomic mass is 9.56. The van der Waals surface area contributed by atoms with Crippen molar-refractivity contribution in [3.63, 3.8) is 0 Å². The number of sulfone groups is 1. The summed E-state index contributed by atoms with van der Waals surface area (Å²) in [5.41, 5.74) is 2.05. The van der Waals surface area contributed by atoms with Crippen LogP contribution in [-0.4, -0.2) is 88.9 Å². The number of rotatable bonds is 12. The second-order valence-corrected chi connectivity index (χ2v) is 17.4. The average Bonchev–Trinajstić information content (AvgIpc) is 3.63. The first kappa shape index (κ1) is 33.0. The normalized spacial score (nSPS) is 26.3. The van der Waals surface area contributed by atoms with Crippen molar-refractivity contribution >= 4 is 21.5 Å². The molecule has 2 saturated carbocycles. The van der Waals surface area contributed by atoms with Crippen LogP contribution >= 0.6 is 0 Å². The van der Waals surface area contributed by atoms with Gasteiger partial charge in [0.2, 0.25) is 0 Å². The topological polar surface area (TPSA) is 70.2 Å². The Kier molecular flexibility index (Phi) is 9.69. The van der Waals surface area contributed by atoms with E-state index in [0.717, 1.165) is 109 Å². The van der Waals surface area contributed by atoms with Crippen LogP contribution in [0.15, 0.2) is 53.4 Å². The van der Waals surface area contributed by atoms with Gasteiger partial charge in [0.05, 0.1) is 17.3 Å². The van der Waals surface area contributed by atoms with E-state index in [1.807, 2.05) is 24.3 Å². The van der Waals surface area contributed by atoms with Crippen molar-refractivity contribution < 1.29 is 22.3 Å². The number of hydrogen-bond donors (Lipinski definition) is 0. The summed E-state index contributed by atoms with van der Waals surface area (Å²) in [5.74, 6) is 1.31. The standard InChI is InChI=1S/C38H52FN3O4S/c1-46-37(43)22-29-6-4-9-36(29)38(27-41-18-2-3-19-41,31-7-5-8-32(39)23-31)30-16-20-40(21-17-30)24-28-25-42(26-28)33-10-12-34(13-11-33)47(44,45)35-14-15-35/h5,7-8,10-13,23,28-30,35-36H,2-4,6,9,14-22,24-27H2,1H3/t29-,36+,38+/m1/s1. The molecule has 0 unspecified atom stereocenters. The first-order valence-corrected chi connectivity index (χ1v) is 19.7. The van der Waals surface area contributed by atoms with Crippen LogP contribution in [0.25, 0.3) is 0 Å². The zero-order valence-electron chi connectivity index (χ0n) is 28.0. The van der Waals surface area contributed by atoms with Crippen molar-refractivity contribution in [2.24, 2.45) is 23.7 Å². The fourth-order valence-electron chi connectivity index (χ4n) is 9.75. The molecule has 3 saturated heterocycles. The zero-order valence-corrected chi connectivity index (χ0v) is 28.8. The molecule has 0 spiro atoms. The van der Waals surface area contributed by atoms with Crippen LogP contribution in [0.1, 0.15) is 69.8 Å². The molecular formula is C38H52FN3O4S. The van der Waals surface area contributed by atoms with E-state index < -0.39 is 9.84 Å². The Labute approximate surface area is 280 Å². The van der Waals surface area contributed by atoms with E-state index in [-0.39, 0.29) is 28.4 Å². The Morgan fingerprint density at radius 2 is 1.62 bits per heavy atom. The van der Waals surface area contributed by atoms with Gasteiger partial charge in [-0.2, -0.15) is 0 Å². The molecule has 3 aliphatic heterocycles. The van der Waals surface area contributed by atoms with E-state index in [1.54, 1.807) is 18.2 Å². The van der Waals surface area contributed by atoms with Gasteiger partial charge in [-0.05, 0) is 137 Å². The van der Waals surface area contributed by atoms with E-state index in [0.29, 0.717) is 29.1 Å². The van der Waals surface area contributed by atoms with Gasteiger partial charge in [0.15, 0.2) is 9.84 Å². The van der Waals surface area contributed by atoms with Gasteiger partial charge in [-0.25, -0.2) is 12.8 Å². The minimum atomic E-state index is -3.15. The van der Waals surface area contributed by atoms with Crippen LogP contribution in [0, 0.1) is 29.5 Å². The SMILES string of the molecule is COC(=O)C[C@H]1CCC[C@@H]1[C@](CN1CCCC1)(c1cccc(F)c1)C1CCN(CC2CN(c3ccc(S(=O)(=O)C4CC4)cc3)C2)CC1. The van der Waals surface area contributed by atoms with E-state index in [9.17, 15) is 13.2 Å². The number of esters is 1. The quantitative estimate of drug-likeness (QED) is 0.261. The fraction of sp³-hybridized carbons (Fsp3) is 0.658. The fourth-order valence-corrected chi connectivity index (χ4v) is 11.4. The molecule has 3 atom stereocenters. The van der Waals surface area contributed by atoms with E-state index in [1.165, 1.54) is 20.0 Å². The number of hydrogen-bond acceptors (Lipinski definition) is 7. The average molecular weight is 666 g/mol. The van der Waals surface area contributed by atoms with E-state index in [2.05, 4.69) is 20.8 Å². The number of piperidine rings is 1. The van der Waals surface area contributed by atoms with Crippen molar-refractivity contribution in [3.8, 4) is 0 Å². The predicted octanol–water partition coefficient (Wildman–Crippen LogP) is 5.92. The Morgan fingerprint density at radius 3 is 2.28 bits per heavy atom. The third kappa shape index (κ3) is 6.86. The first-order valence-electron chi connectivity index (χ1n) is 18.1. The van der Waals surface area contributed by atoms with E-state index in [4.69, 9.17) is 4.74 Å². The zero-order chi connectivity index (χ0) is 32.6. The number of benzene rings is 2. The molecule has 2 aromatic carbocycles. The second kappa shape index (κ2) is 13.8. The molecule has 5 fully saturated rings. The van der Waals surface area contributed by atoms with Gasteiger partial charge in [0.1, 0.15) is 5.82 Å². The maximum atomic E-state index is 15.0. The molecule has 3 heterocycles. The number of anilines is 1. The summed E-state index contributed by atoms with van der Waals surface area (Å²) < 4.78 is 45.4. The number of nitrogens with zero attached hydrogens (tertiary/aromatic N) is 3. The Bertz CT molecular complexity index is 1500. The van der Waals surface area contributed by atoms with Crippen molar-refractivity contribution in [2.75, 3.05) is 64.4 Å². The summed E-state index contributed by atoms with van der Waals surface area (Å²) in [6, 6.07) is 15.0. The van der Waals surface area contributed by atoms with Gasteiger partial charge in [0, 0.05) is 49.6 Å². The van der Waals surface area contributed by atoms with Crippen LogP contribution in [0.2, 0.25) is 0 Å². The Hall–Kier alpha value is -2.49. The molecule has 0 N–H and O–H groups in total. The molecular weight excluding hydrogens is 614 g/mol. The monoisotopic (exact) mass is 665 g/mol. The van der Waals surface area contributed by atoms with Crippen molar-refractivity contribution in [3.05, 3.63) is 59.9 Å². The van der Waals surface area contributed by atoms with Gasteiger partial charge < -0.3 is 19.4 Å². The molecule has 0 bridgehead atoms. The minimum absolute atomic E-state index is 0.125. The summed E-state index contributed by atoms with van der Waals surface area (Å²) >= 11 is 0. The maximum Gasteiger partial charge on any atom is 0.305 e. The third-order valence-corrected chi connectivity index (χ3v) is 14.6. The van der Waals surface area contributed by atoms with Crippen molar-refractivity contribution in [2.45, 2.75) is 79.8 Å². The molecule has 5 aliphatic rings. The molecule has 0 amide bonds. The van der Waals surface area contributed by atoms with Gasteiger partial charge in [-0.15, -0.1) is 0 Å². The summed E-state index contributed by atoms with van der Waals surface area (Å²) in [6.45, 7) is 8.29. The van der Waals surface area contributed by atoms with Crippen molar-refractivity contribution in [1.82, 2.24) is 9.80 Å². The molecule has 0 radical (unpaired) electrons. The lowest BCUT2D eigenvalue weighted by Gasteiger charge is -2.52. The highest BCUT2D eigenvalue weighted by Gasteiger charge is 2.52.